The number of hydrogen-bond donors (Lipinski definition) is 1. The molecular formula is C25H22ClNO6S. The number of methoxy groups -OCH3 is 3. The fourth-order valence-corrected chi connectivity index (χ4v) is 5.08. The molecule has 0 radical (unpaired) electrons. The van der Waals surface area contributed by atoms with Gasteiger partial charge in [-0.2, -0.15) is 0 Å². The largest absolute Gasteiger partial charge is 0.507 e. The molecule has 1 aliphatic heterocycles. The molecule has 176 valence electrons. The zero-order valence-corrected chi connectivity index (χ0v) is 20.3. The van der Waals surface area contributed by atoms with Crippen molar-refractivity contribution in [2.75, 3.05) is 21.3 Å². The van der Waals surface area contributed by atoms with Gasteiger partial charge in [0.2, 0.25) is 0 Å². The van der Waals surface area contributed by atoms with Gasteiger partial charge < -0.3 is 24.2 Å². The highest BCUT2D eigenvalue weighted by molar-refractivity contribution is 7.10. The molecule has 1 fully saturated rings. The van der Waals surface area contributed by atoms with Crippen molar-refractivity contribution in [1.29, 1.82) is 0 Å². The van der Waals surface area contributed by atoms with Crippen LogP contribution in [0, 0.1) is 0 Å². The smallest absolute Gasteiger partial charge is 0.295 e. The first-order valence-corrected chi connectivity index (χ1v) is 11.5. The van der Waals surface area contributed by atoms with E-state index < -0.39 is 17.7 Å². The average molecular weight is 500 g/mol. The zero-order valence-electron chi connectivity index (χ0n) is 18.7. The van der Waals surface area contributed by atoms with Crippen LogP contribution < -0.4 is 14.2 Å². The molecule has 1 unspecified atom stereocenters. The van der Waals surface area contributed by atoms with Crippen molar-refractivity contribution in [2.45, 2.75) is 12.6 Å². The number of Topliss-reactive ketones (excluding diaryl/α,β-unsaturated/α-hetero) is 1. The van der Waals surface area contributed by atoms with Crippen LogP contribution in [0.2, 0.25) is 5.02 Å². The van der Waals surface area contributed by atoms with Crippen LogP contribution in [-0.2, 0) is 16.1 Å². The molecule has 1 N–H and O–H groups in total. The maximum absolute atomic E-state index is 13.3. The SMILES string of the molecule is COc1cc(OC)c(/C(O)=C2/C(=O)C(=O)N(Cc3ccccc3OC)C2c2cccs2)cc1Cl. The van der Waals surface area contributed by atoms with Crippen molar-refractivity contribution in [3.05, 3.63) is 80.5 Å². The Morgan fingerprint density at radius 2 is 1.71 bits per heavy atom. The van der Waals surface area contributed by atoms with Crippen LogP contribution in [0.25, 0.3) is 5.76 Å². The van der Waals surface area contributed by atoms with Gasteiger partial charge >= 0.3 is 0 Å². The number of amides is 1. The first-order chi connectivity index (χ1) is 16.4. The fraction of sp³-hybridized carbons (Fsp3) is 0.200. The predicted molar refractivity (Wildman–Crippen MR) is 130 cm³/mol. The molecule has 3 aromatic rings. The highest BCUT2D eigenvalue weighted by atomic mass is 35.5. The van der Waals surface area contributed by atoms with Gasteiger partial charge in [-0.05, 0) is 23.6 Å². The molecule has 0 bridgehead atoms. The second-order valence-corrected chi connectivity index (χ2v) is 8.83. The number of nitrogens with zero attached hydrogens (tertiary/aromatic N) is 1. The van der Waals surface area contributed by atoms with Gasteiger partial charge in [-0.1, -0.05) is 35.9 Å². The molecular weight excluding hydrogens is 478 g/mol. The molecule has 34 heavy (non-hydrogen) atoms. The highest BCUT2D eigenvalue weighted by Gasteiger charge is 2.47. The van der Waals surface area contributed by atoms with Crippen molar-refractivity contribution in [2.24, 2.45) is 0 Å². The lowest BCUT2D eigenvalue weighted by Crippen LogP contribution is -2.29. The van der Waals surface area contributed by atoms with Gasteiger partial charge in [0.05, 0.1) is 50.1 Å². The van der Waals surface area contributed by atoms with Gasteiger partial charge in [0.1, 0.15) is 23.0 Å². The van der Waals surface area contributed by atoms with Gasteiger partial charge in [-0.25, -0.2) is 0 Å². The third-order valence-electron chi connectivity index (χ3n) is 5.61. The zero-order chi connectivity index (χ0) is 24.4. The molecule has 1 atom stereocenters. The number of benzene rings is 2. The summed E-state index contributed by atoms with van der Waals surface area (Å²) in [6.07, 6.45) is 0. The second kappa shape index (κ2) is 9.79. The highest BCUT2D eigenvalue weighted by Crippen LogP contribution is 2.44. The van der Waals surface area contributed by atoms with E-state index in [1.165, 1.54) is 42.6 Å². The van der Waals surface area contributed by atoms with Crippen LogP contribution in [0.15, 0.2) is 59.5 Å². The van der Waals surface area contributed by atoms with Crippen LogP contribution in [0.5, 0.6) is 17.2 Å². The number of aliphatic hydroxyl groups excluding tert-OH is 1. The Labute approximate surface area is 205 Å². The van der Waals surface area contributed by atoms with Crippen molar-refractivity contribution in [3.63, 3.8) is 0 Å². The molecule has 1 aromatic heterocycles. The normalized spacial score (nSPS) is 17.2. The third kappa shape index (κ3) is 4.10. The van der Waals surface area contributed by atoms with Gasteiger partial charge in [0.25, 0.3) is 11.7 Å². The van der Waals surface area contributed by atoms with E-state index in [1.54, 1.807) is 13.2 Å². The number of ketones is 1. The number of carbonyl (C=O) groups is 2. The number of hydrogen-bond acceptors (Lipinski definition) is 7. The molecule has 9 heteroatoms. The van der Waals surface area contributed by atoms with E-state index >= 15 is 0 Å². The summed E-state index contributed by atoms with van der Waals surface area (Å²) in [6, 6.07) is 13.1. The first-order valence-electron chi connectivity index (χ1n) is 10.3. The Morgan fingerprint density at radius 1 is 1.00 bits per heavy atom. The molecule has 1 aliphatic rings. The summed E-state index contributed by atoms with van der Waals surface area (Å²) in [6.45, 7) is 0.119. The number of para-hydroxylation sites is 1. The first kappa shape index (κ1) is 23.7. The van der Waals surface area contributed by atoms with Gasteiger partial charge in [-0.3, -0.25) is 9.59 Å². The van der Waals surface area contributed by atoms with Gasteiger partial charge in [0, 0.05) is 16.5 Å². The average Bonchev–Trinajstić information content (AvgIpc) is 3.46. The van der Waals surface area contributed by atoms with Gasteiger partial charge in [-0.15, -0.1) is 11.3 Å². The van der Waals surface area contributed by atoms with Crippen molar-refractivity contribution in [1.82, 2.24) is 4.90 Å². The quantitative estimate of drug-likeness (QED) is 0.278. The molecule has 0 saturated carbocycles. The minimum absolute atomic E-state index is 0.0399. The topological polar surface area (TPSA) is 85.3 Å². The van der Waals surface area contributed by atoms with Crippen LogP contribution in [0.3, 0.4) is 0 Å². The summed E-state index contributed by atoms with van der Waals surface area (Å²) < 4.78 is 16.1. The molecule has 2 heterocycles. The van der Waals surface area contributed by atoms with Crippen molar-refractivity contribution >= 4 is 40.4 Å². The third-order valence-corrected chi connectivity index (χ3v) is 6.83. The Bertz CT molecular complexity index is 1270. The maximum atomic E-state index is 13.3. The fourth-order valence-electron chi connectivity index (χ4n) is 3.99. The van der Waals surface area contributed by atoms with Crippen LogP contribution in [0.1, 0.15) is 22.0 Å². The Hall–Kier alpha value is -3.49. The van der Waals surface area contributed by atoms with Crippen molar-refractivity contribution in [3.8, 4) is 17.2 Å². The van der Waals surface area contributed by atoms with E-state index in [-0.39, 0.29) is 34.2 Å². The van der Waals surface area contributed by atoms with Crippen molar-refractivity contribution < 1.29 is 28.9 Å². The summed E-state index contributed by atoms with van der Waals surface area (Å²) in [5.41, 5.74) is 0.880. The maximum Gasteiger partial charge on any atom is 0.295 e. The lowest BCUT2D eigenvalue weighted by Gasteiger charge is -2.25. The number of likely N-dealkylation sites (tertiary alicyclic amines) is 1. The number of rotatable bonds is 7. The van der Waals surface area contributed by atoms with Crippen LogP contribution in [-0.4, -0.2) is 43.0 Å². The summed E-state index contributed by atoms with van der Waals surface area (Å²) in [5.74, 6) is -0.691. The second-order valence-electron chi connectivity index (χ2n) is 7.44. The summed E-state index contributed by atoms with van der Waals surface area (Å²) in [5, 5.41) is 13.4. The summed E-state index contributed by atoms with van der Waals surface area (Å²) in [7, 11) is 4.43. The van der Waals surface area contributed by atoms with E-state index in [0.717, 1.165) is 10.4 Å². The van der Waals surface area contributed by atoms with E-state index in [2.05, 4.69) is 0 Å². The van der Waals surface area contributed by atoms with Crippen LogP contribution >= 0.6 is 22.9 Å². The van der Waals surface area contributed by atoms with E-state index in [1.807, 2.05) is 35.7 Å². The number of thiophene rings is 1. The van der Waals surface area contributed by atoms with E-state index in [4.69, 9.17) is 25.8 Å². The number of aliphatic hydroxyl groups is 1. The van der Waals surface area contributed by atoms with E-state index in [0.29, 0.717) is 11.5 Å². The van der Waals surface area contributed by atoms with Gasteiger partial charge in [0.15, 0.2) is 0 Å². The minimum Gasteiger partial charge on any atom is -0.507 e. The summed E-state index contributed by atoms with van der Waals surface area (Å²) in [4.78, 5) is 28.6. The number of ether oxygens (including phenoxy) is 3. The molecule has 0 aliphatic carbocycles. The van der Waals surface area contributed by atoms with Crippen LogP contribution in [0.4, 0.5) is 0 Å². The standard InChI is InChI=1S/C25H22ClNO6S/c1-31-17-8-5-4-7-14(17)13-27-22(20-9-6-10-34-20)21(24(29)25(27)30)23(28)15-11-16(26)19(33-3)12-18(15)32-2/h4-12,22,28H,13H2,1-3H3/b23-21-. The molecule has 7 nitrogen and oxygen atoms in total. The Balaban J connectivity index is 1.88. The number of halogens is 1. The Morgan fingerprint density at radius 3 is 2.35 bits per heavy atom. The lowest BCUT2D eigenvalue weighted by molar-refractivity contribution is -0.140. The van der Waals surface area contributed by atoms with E-state index in [9.17, 15) is 14.7 Å². The molecule has 1 amide bonds. The molecule has 1 saturated heterocycles. The molecule has 2 aromatic carbocycles. The Kier molecular flexibility index (Phi) is 6.81. The monoisotopic (exact) mass is 499 g/mol. The summed E-state index contributed by atoms with van der Waals surface area (Å²) >= 11 is 7.68. The molecule has 4 rings (SSSR count). The molecule has 0 spiro atoms. The minimum atomic E-state index is -0.796. The lowest BCUT2D eigenvalue weighted by atomic mass is 9.99. The predicted octanol–water partition coefficient (Wildman–Crippen LogP) is 5.05. The number of carbonyl (C=O) groups excluding carboxylic acids is 2.